The summed E-state index contributed by atoms with van der Waals surface area (Å²) in [5, 5.41) is 5.73. The first-order valence-corrected chi connectivity index (χ1v) is 5.30. The van der Waals surface area contributed by atoms with Crippen LogP contribution in [0.1, 0.15) is 15.9 Å². The summed E-state index contributed by atoms with van der Waals surface area (Å²) >= 11 is 0. The SMILES string of the molecule is CNc1ccc(C(=O)Nc2ncc[nH]2)cc1C. The van der Waals surface area contributed by atoms with Gasteiger partial charge in [0.05, 0.1) is 0 Å². The van der Waals surface area contributed by atoms with Crippen molar-refractivity contribution in [3.8, 4) is 0 Å². The van der Waals surface area contributed by atoms with Crippen LogP contribution in [-0.4, -0.2) is 22.9 Å². The third kappa shape index (κ3) is 2.44. The fraction of sp³-hybridized carbons (Fsp3) is 0.167. The molecule has 0 saturated carbocycles. The van der Waals surface area contributed by atoms with Crippen LogP contribution >= 0.6 is 0 Å². The van der Waals surface area contributed by atoms with Crippen LogP contribution in [0.5, 0.6) is 0 Å². The molecule has 1 aromatic heterocycles. The lowest BCUT2D eigenvalue weighted by Crippen LogP contribution is -2.13. The van der Waals surface area contributed by atoms with Crippen molar-refractivity contribution in [1.29, 1.82) is 0 Å². The number of carbonyl (C=O) groups excluding carboxylic acids is 1. The van der Waals surface area contributed by atoms with E-state index in [0.29, 0.717) is 11.5 Å². The van der Waals surface area contributed by atoms with Crippen molar-refractivity contribution in [3.63, 3.8) is 0 Å². The molecule has 88 valence electrons. The molecule has 0 unspecified atom stereocenters. The fourth-order valence-corrected chi connectivity index (χ4v) is 1.60. The minimum absolute atomic E-state index is 0.175. The van der Waals surface area contributed by atoms with E-state index in [4.69, 9.17) is 0 Å². The molecule has 0 atom stereocenters. The van der Waals surface area contributed by atoms with Crippen LogP contribution in [0.3, 0.4) is 0 Å². The second kappa shape index (κ2) is 4.69. The Bertz CT molecular complexity index is 519. The Kier molecular flexibility index (Phi) is 3.09. The normalized spacial score (nSPS) is 10.0. The number of aromatic nitrogens is 2. The van der Waals surface area contributed by atoms with Gasteiger partial charge in [-0.3, -0.25) is 10.1 Å². The summed E-state index contributed by atoms with van der Waals surface area (Å²) in [7, 11) is 1.85. The van der Waals surface area contributed by atoms with Gasteiger partial charge < -0.3 is 10.3 Å². The maximum Gasteiger partial charge on any atom is 0.257 e. The van der Waals surface area contributed by atoms with E-state index in [1.54, 1.807) is 18.5 Å². The van der Waals surface area contributed by atoms with E-state index < -0.39 is 0 Å². The quantitative estimate of drug-likeness (QED) is 0.755. The number of hydrogen-bond donors (Lipinski definition) is 3. The number of benzene rings is 1. The highest BCUT2D eigenvalue weighted by Gasteiger charge is 2.08. The third-order valence-corrected chi connectivity index (χ3v) is 2.49. The molecule has 0 aliphatic carbocycles. The molecule has 5 heteroatoms. The van der Waals surface area contributed by atoms with E-state index >= 15 is 0 Å². The third-order valence-electron chi connectivity index (χ3n) is 2.49. The van der Waals surface area contributed by atoms with Crippen molar-refractivity contribution in [2.24, 2.45) is 0 Å². The van der Waals surface area contributed by atoms with E-state index in [-0.39, 0.29) is 5.91 Å². The Morgan fingerprint density at radius 1 is 1.41 bits per heavy atom. The summed E-state index contributed by atoms with van der Waals surface area (Å²) in [6.45, 7) is 1.95. The van der Waals surface area contributed by atoms with Crippen LogP contribution in [0.4, 0.5) is 11.6 Å². The van der Waals surface area contributed by atoms with Crippen molar-refractivity contribution in [2.45, 2.75) is 6.92 Å². The van der Waals surface area contributed by atoms with Crippen molar-refractivity contribution in [3.05, 3.63) is 41.7 Å². The van der Waals surface area contributed by atoms with Crippen LogP contribution in [0, 0.1) is 6.92 Å². The molecule has 1 aromatic carbocycles. The van der Waals surface area contributed by atoms with Crippen LogP contribution in [0.2, 0.25) is 0 Å². The summed E-state index contributed by atoms with van der Waals surface area (Å²) in [5.74, 6) is 0.274. The van der Waals surface area contributed by atoms with Gasteiger partial charge in [-0.25, -0.2) is 4.98 Å². The van der Waals surface area contributed by atoms with Crippen LogP contribution in [0.25, 0.3) is 0 Å². The number of nitrogens with one attached hydrogen (secondary N) is 3. The molecule has 1 heterocycles. The number of amides is 1. The van der Waals surface area contributed by atoms with Gasteiger partial charge in [0.1, 0.15) is 0 Å². The number of H-pyrrole nitrogens is 1. The monoisotopic (exact) mass is 230 g/mol. The van der Waals surface area contributed by atoms with Gasteiger partial charge in [0.15, 0.2) is 0 Å². The summed E-state index contributed by atoms with van der Waals surface area (Å²) in [6.07, 6.45) is 3.25. The average Bonchev–Trinajstić information content (AvgIpc) is 2.81. The number of anilines is 2. The minimum Gasteiger partial charge on any atom is -0.388 e. The van der Waals surface area contributed by atoms with Crippen molar-refractivity contribution in [2.75, 3.05) is 17.7 Å². The highest BCUT2D eigenvalue weighted by Crippen LogP contribution is 2.16. The van der Waals surface area contributed by atoms with Gasteiger partial charge in [-0.05, 0) is 30.7 Å². The van der Waals surface area contributed by atoms with Gasteiger partial charge in [0, 0.05) is 30.7 Å². The number of hydrogen-bond acceptors (Lipinski definition) is 3. The summed E-state index contributed by atoms with van der Waals surface area (Å²) in [6, 6.07) is 5.49. The zero-order valence-electron chi connectivity index (χ0n) is 9.74. The predicted octanol–water partition coefficient (Wildman–Crippen LogP) is 2.01. The summed E-state index contributed by atoms with van der Waals surface area (Å²) < 4.78 is 0. The van der Waals surface area contributed by atoms with Gasteiger partial charge in [-0.2, -0.15) is 0 Å². The largest absolute Gasteiger partial charge is 0.388 e. The molecule has 0 fully saturated rings. The molecule has 1 amide bonds. The number of aryl methyl sites for hydroxylation is 1. The molecule has 0 saturated heterocycles. The average molecular weight is 230 g/mol. The number of imidazole rings is 1. The molecule has 5 nitrogen and oxygen atoms in total. The molecule has 0 aliphatic heterocycles. The minimum atomic E-state index is -0.175. The molecule has 2 aromatic rings. The smallest absolute Gasteiger partial charge is 0.257 e. The van der Waals surface area contributed by atoms with E-state index in [9.17, 15) is 4.79 Å². The molecular weight excluding hydrogens is 216 g/mol. The molecule has 2 rings (SSSR count). The zero-order chi connectivity index (χ0) is 12.3. The molecule has 3 N–H and O–H groups in total. The highest BCUT2D eigenvalue weighted by molar-refractivity contribution is 6.03. The first-order valence-electron chi connectivity index (χ1n) is 5.30. The second-order valence-electron chi connectivity index (χ2n) is 3.67. The highest BCUT2D eigenvalue weighted by atomic mass is 16.1. The van der Waals surface area contributed by atoms with Gasteiger partial charge >= 0.3 is 0 Å². The van der Waals surface area contributed by atoms with Gasteiger partial charge in [0.25, 0.3) is 5.91 Å². The lowest BCUT2D eigenvalue weighted by molar-refractivity contribution is 0.102. The van der Waals surface area contributed by atoms with E-state index in [1.165, 1.54) is 0 Å². The van der Waals surface area contributed by atoms with Crippen molar-refractivity contribution >= 4 is 17.5 Å². The Labute approximate surface area is 99.3 Å². The van der Waals surface area contributed by atoms with Crippen LogP contribution in [0.15, 0.2) is 30.6 Å². The standard InChI is InChI=1S/C12H14N4O/c1-8-7-9(3-4-10(8)13-2)11(17)16-12-14-5-6-15-12/h3-7,13H,1-2H3,(H2,14,15,16,17). The first-order chi connectivity index (χ1) is 8.20. The lowest BCUT2D eigenvalue weighted by Gasteiger charge is -2.07. The fourth-order valence-electron chi connectivity index (χ4n) is 1.60. The summed E-state index contributed by atoms with van der Waals surface area (Å²) in [5.41, 5.74) is 2.65. The van der Waals surface area contributed by atoms with Crippen molar-refractivity contribution in [1.82, 2.24) is 9.97 Å². The lowest BCUT2D eigenvalue weighted by atomic mass is 10.1. The molecule has 0 aliphatic rings. The molecular formula is C12H14N4O. The van der Waals surface area contributed by atoms with Crippen LogP contribution in [-0.2, 0) is 0 Å². The molecule has 0 spiro atoms. The Morgan fingerprint density at radius 2 is 2.24 bits per heavy atom. The maximum absolute atomic E-state index is 11.9. The van der Waals surface area contributed by atoms with Crippen LogP contribution < -0.4 is 10.6 Å². The van der Waals surface area contributed by atoms with Gasteiger partial charge in [0.2, 0.25) is 5.95 Å². The predicted molar refractivity (Wildman–Crippen MR) is 67.3 cm³/mol. The first kappa shape index (κ1) is 11.2. The molecule has 17 heavy (non-hydrogen) atoms. The van der Waals surface area contributed by atoms with Gasteiger partial charge in [-0.15, -0.1) is 0 Å². The second-order valence-corrected chi connectivity index (χ2v) is 3.67. The van der Waals surface area contributed by atoms with Gasteiger partial charge in [-0.1, -0.05) is 0 Å². The molecule has 0 radical (unpaired) electrons. The Hall–Kier alpha value is -2.30. The van der Waals surface area contributed by atoms with E-state index in [0.717, 1.165) is 11.3 Å². The van der Waals surface area contributed by atoms with Crippen molar-refractivity contribution < 1.29 is 4.79 Å². The molecule has 0 bridgehead atoms. The topological polar surface area (TPSA) is 69.8 Å². The Morgan fingerprint density at radius 3 is 2.82 bits per heavy atom. The maximum atomic E-state index is 11.9. The van der Waals surface area contributed by atoms with E-state index in [1.807, 2.05) is 26.1 Å². The number of aromatic amines is 1. The zero-order valence-corrected chi connectivity index (χ0v) is 9.74. The Balaban J connectivity index is 2.17. The number of rotatable bonds is 3. The van der Waals surface area contributed by atoms with E-state index in [2.05, 4.69) is 20.6 Å². The summed E-state index contributed by atoms with van der Waals surface area (Å²) in [4.78, 5) is 18.6. The number of nitrogens with zero attached hydrogens (tertiary/aromatic N) is 1. The number of carbonyl (C=O) groups is 1.